The molecule has 1 fully saturated rings. The van der Waals surface area contributed by atoms with Gasteiger partial charge in [0.15, 0.2) is 0 Å². The van der Waals surface area contributed by atoms with Crippen LogP contribution in [0.15, 0.2) is 36.7 Å². The molecule has 5 nitrogen and oxygen atoms in total. The molecule has 2 aromatic heterocycles. The summed E-state index contributed by atoms with van der Waals surface area (Å²) < 4.78 is 0. The lowest BCUT2D eigenvalue weighted by molar-refractivity contribution is 0.724. The van der Waals surface area contributed by atoms with Crippen LogP contribution in [0.5, 0.6) is 0 Å². The van der Waals surface area contributed by atoms with E-state index in [0.29, 0.717) is 0 Å². The Morgan fingerprint density at radius 2 is 1.95 bits per heavy atom. The molecule has 3 rings (SSSR count). The summed E-state index contributed by atoms with van der Waals surface area (Å²) in [6.07, 6.45) is 4.72. The van der Waals surface area contributed by atoms with Crippen LogP contribution in [0.25, 0.3) is 11.4 Å². The van der Waals surface area contributed by atoms with Gasteiger partial charge in [0.05, 0.1) is 11.4 Å². The first-order valence-electron chi connectivity index (χ1n) is 6.63. The van der Waals surface area contributed by atoms with Gasteiger partial charge in [-0.05, 0) is 31.2 Å². The Kier molecular flexibility index (Phi) is 3.65. The van der Waals surface area contributed by atoms with Crippen LogP contribution in [-0.4, -0.2) is 41.1 Å². The van der Waals surface area contributed by atoms with Gasteiger partial charge < -0.3 is 10.2 Å². The predicted molar refractivity (Wildman–Crippen MR) is 75.0 cm³/mol. The smallest absolute Gasteiger partial charge is 0.225 e. The fraction of sp³-hybridized carbons (Fsp3) is 0.357. The zero-order chi connectivity index (χ0) is 12.9. The van der Waals surface area contributed by atoms with E-state index in [1.807, 2.05) is 30.5 Å². The number of hydrogen-bond acceptors (Lipinski definition) is 5. The normalized spacial score (nSPS) is 16.1. The van der Waals surface area contributed by atoms with Crippen LogP contribution in [-0.2, 0) is 0 Å². The molecular formula is C14H17N5. The molecule has 0 spiro atoms. The number of nitrogens with one attached hydrogen (secondary N) is 1. The first-order chi connectivity index (χ1) is 9.43. The van der Waals surface area contributed by atoms with Crippen molar-refractivity contribution in [2.75, 3.05) is 31.1 Å². The number of hydrogen-bond donors (Lipinski definition) is 1. The van der Waals surface area contributed by atoms with E-state index < -0.39 is 0 Å². The average molecular weight is 255 g/mol. The molecule has 0 unspecified atom stereocenters. The third kappa shape index (κ3) is 2.88. The summed E-state index contributed by atoms with van der Waals surface area (Å²) in [5.74, 6) is 0.798. The van der Waals surface area contributed by atoms with Crippen molar-refractivity contribution in [3.8, 4) is 11.4 Å². The molecule has 2 aromatic rings. The van der Waals surface area contributed by atoms with E-state index in [-0.39, 0.29) is 0 Å². The second-order valence-corrected chi connectivity index (χ2v) is 4.55. The molecule has 0 radical (unpaired) electrons. The molecule has 0 aliphatic carbocycles. The van der Waals surface area contributed by atoms with E-state index in [9.17, 15) is 0 Å². The van der Waals surface area contributed by atoms with Crippen molar-refractivity contribution >= 4 is 5.95 Å². The quantitative estimate of drug-likeness (QED) is 0.877. The molecule has 0 aromatic carbocycles. The number of nitrogens with zero attached hydrogens (tertiary/aromatic N) is 4. The number of rotatable bonds is 2. The Morgan fingerprint density at radius 1 is 0.947 bits per heavy atom. The van der Waals surface area contributed by atoms with Gasteiger partial charge in [0.2, 0.25) is 5.95 Å². The van der Waals surface area contributed by atoms with Crippen LogP contribution in [0.3, 0.4) is 0 Å². The Balaban J connectivity index is 1.87. The van der Waals surface area contributed by atoms with E-state index in [4.69, 9.17) is 0 Å². The van der Waals surface area contributed by atoms with Crippen molar-refractivity contribution in [3.63, 3.8) is 0 Å². The van der Waals surface area contributed by atoms with Gasteiger partial charge in [0, 0.05) is 32.0 Å². The van der Waals surface area contributed by atoms with Gasteiger partial charge in [-0.25, -0.2) is 9.97 Å². The molecule has 0 atom stereocenters. The molecule has 0 saturated carbocycles. The van der Waals surface area contributed by atoms with E-state index in [2.05, 4.69) is 25.2 Å². The van der Waals surface area contributed by atoms with Crippen molar-refractivity contribution in [1.29, 1.82) is 0 Å². The van der Waals surface area contributed by atoms with E-state index in [1.165, 1.54) is 0 Å². The van der Waals surface area contributed by atoms with Crippen molar-refractivity contribution < 1.29 is 0 Å². The number of pyridine rings is 1. The van der Waals surface area contributed by atoms with Gasteiger partial charge in [0.1, 0.15) is 0 Å². The Labute approximate surface area is 112 Å². The first kappa shape index (κ1) is 12.0. The SMILES string of the molecule is c1ccc(-c2ccnc(N3CCCNCC3)n2)nc1. The minimum absolute atomic E-state index is 0.798. The lowest BCUT2D eigenvalue weighted by Gasteiger charge is -2.19. The fourth-order valence-corrected chi connectivity index (χ4v) is 2.20. The highest BCUT2D eigenvalue weighted by atomic mass is 15.3. The highest BCUT2D eigenvalue weighted by Gasteiger charge is 2.12. The minimum Gasteiger partial charge on any atom is -0.339 e. The third-order valence-electron chi connectivity index (χ3n) is 3.19. The average Bonchev–Trinajstić information content (AvgIpc) is 2.77. The largest absolute Gasteiger partial charge is 0.339 e. The van der Waals surface area contributed by atoms with Crippen LogP contribution in [0, 0.1) is 0 Å². The highest BCUT2D eigenvalue weighted by molar-refractivity contribution is 5.55. The molecular weight excluding hydrogens is 238 g/mol. The van der Waals surface area contributed by atoms with Gasteiger partial charge in [0.25, 0.3) is 0 Å². The Bertz CT molecular complexity index is 520. The number of aromatic nitrogens is 3. The van der Waals surface area contributed by atoms with Gasteiger partial charge in [-0.15, -0.1) is 0 Å². The summed E-state index contributed by atoms with van der Waals surface area (Å²) >= 11 is 0. The Morgan fingerprint density at radius 3 is 2.84 bits per heavy atom. The number of anilines is 1. The molecule has 98 valence electrons. The second kappa shape index (κ2) is 5.75. The van der Waals surface area contributed by atoms with E-state index in [0.717, 1.165) is 49.9 Å². The molecule has 1 aliphatic rings. The van der Waals surface area contributed by atoms with Gasteiger partial charge in [-0.2, -0.15) is 0 Å². The van der Waals surface area contributed by atoms with Crippen molar-refractivity contribution in [3.05, 3.63) is 36.7 Å². The van der Waals surface area contributed by atoms with Crippen LogP contribution < -0.4 is 10.2 Å². The van der Waals surface area contributed by atoms with Crippen LogP contribution in [0.1, 0.15) is 6.42 Å². The van der Waals surface area contributed by atoms with Crippen LogP contribution >= 0.6 is 0 Å². The van der Waals surface area contributed by atoms with Gasteiger partial charge >= 0.3 is 0 Å². The molecule has 3 heterocycles. The fourth-order valence-electron chi connectivity index (χ4n) is 2.20. The molecule has 5 heteroatoms. The van der Waals surface area contributed by atoms with Crippen LogP contribution in [0.2, 0.25) is 0 Å². The molecule has 1 aliphatic heterocycles. The molecule has 1 saturated heterocycles. The van der Waals surface area contributed by atoms with E-state index >= 15 is 0 Å². The summed E-state index contributed by atoms with van der Waals surface area (Å²) in [4.78, 5) is 15.6. The molecule has 1 N–H and O–H groups in total. The van der Waals surface area contributed by atoms with Crippen molar-refractivity contribution in [2.45, 2.75) is 6.42 Å². The molecule has 19 heavy (non-hydrogen) atoms. The summed E-state index contributed by atoms with van der Waals surface area (Å²) in [6.45, 7) is 4.00. The minimum atomic E-state index is 0.798. The Hall–Kier alpha value is -2.01. The summed E-state index contributed by atoms with van der Waals surface area (Å²) in [6, 6.07) is 7.75. The highest BCUT2D eigenvalue weighted by Crippen LogP contribution is 2.16. The summed E-state index contributed by atoms with van der Waals surface area (Å²) in [7, 11) is 0. The maximum Gasteiger partial charge on any atom is 0.225 e. The summed E-state index contributed by atoms with van der Waals surface area (Å²) in [5.41, 5.74) is 1.77. The van der Waals surface area contributed by atoms with Crippen molar-refractivity contribution in [1.82, 2.24) is 20.3 Å². The van der Waals surface area contributed by atoms with Gasteiger partial charge in [-0.1, -0.05) is 6.07 Å². The van der Waals surface area contributed by atoms with Crippen molar-refractivity contribution in [2.24, 2.45) is 0 Å². The predicted octanol–water partition coefficient (Wildman–Crippen LogP) is 1.34. The maximum atomic E-state index is 4.63. The maximum absolute atomic E-state index is 4.63. The molecule has 0 bridgehead atoms. The standard InChI is InChI=1S/C14H17N5/c1-2-7-16-12(4-1)13-5-8-17-14(18-13)19-10-3-6-15-9-11-19/h1-2,4-5,7-8,15H,3,6,9-11H2. The third-order valence-corrected chi connectivity index (χ3v) is 3.19. The lowest BCUT2D eigenvalue weighted by atomic mass is 10.2. The zero-order valence-electron chi connectivity index (χ0n) is 10.8. The second-order valence-electron chi connectivity index (χ2n) is 4.55. The molecule has 0 amide bonds. The zero-order valence-corrected chi connectivity index (χ0v) is 10.8. The summed E-state index contributed by atoms with van der Waals surface area (Å²) in [5, 5.41) is 3.38. The lowest BCUT2D eigenvalue weighted by Crippen LogP contribution is -2.29. The monoisotopic (exact) mass is 255 g/mol. The topological polar surface area (TPSA) is 53.9 Å². The van der Waals surface area contributed by atoms with Crippen LogP contribution in [0.4, 0.5) is 5.95 Å². The first-order valence-corrected chi connectivity index (χ1v) is 6.63. The van der Waals surface area contributed by atoms with Gasteiger partial charge in [-0.3, -0.25) is 4.98 Å². The van der Waals surface area contributed by atoms with E-state index in [1.54, 1.807) is 6.20 Å².